The molecule has 3 rings (SSSR count). The maximum Gasteiger partial charge on any atom is 0.205 e. The van der Waals surface area contributed by atoms with E-state index in [1.165, 1.54) is 17.4 Å². The number of anilines is 1. The molecule has 5 heteroatoms. The molecule has 1 heterocycles. The van der Waals surface area contributed by atoms with Crippen LogP contribution in [0.2, 0.25) is 0 Å². The first kappa shape index (κ1) is 10.7. The van der Waals surface area contributed by atoms with Gasteiger partial charge in [-0.2, -0.15) is 0 Å². The second kappa shape index (κ2) is 4.41. The number of halogens is 1. The van der Waals surface area contributed by atoms with Crippen LogP contribution in [0.25, 0.3) is 0 Å². The fraction of sp³-hybridized carbons (Fsp3) is 0.333. The summed E-state index contributed by atoms with van der Waals surface area (Å²) in [5.74, 6) is 0.319. The Morgan fingerprint density at radius 1 is 1.35 bits per heavy atom. The van der Waals surface area contributed by atoms with Crippen LogP contribution in [0.15, 0.2) is 29.8 Å². The van der Waals surface area contributed by atoms with Crippen molar-refractivity contribution in [3.63, 3.8) is 0 Å². The highest BCUT2D eigenvalue weighted by atomic mass is 32.1. The quantitative estimate of drug-likeness (QED) is 0.908. The Balaban J connectivity index is 1.58. The van der Waals surface area contributed by atoms with E-state index >= 15 is 0 Å². The zero-order valence-corrected chi connectivity index (χ0v) is 9.95. The molecule has 0 saturated heterocycles. The van der Waals surface area contributed by atoms with E-state index in [1.54, 1.807) is 17.6 Å². The van der Waals surface area contributed by atoms with Gasteiger partial charge in [-0.25, -0.2) is 4.39 Å². The van der Waals surface area contributed by atoms with Gasteiger partial charge in [-0.15, -0.1) is 10.2 Å². The summed E-state index contributed by atoms with van der Waals surface area (Å²) in [6, 6.07) is 7.33. The first-order chi connectivity index (χ1) is 8.31. The third-order valence-electron chi connectivity index (χ3n) is 3.15. The highest BCUT2D eigenvalue weighted by Crippen LogP contribution is 2.38. The molecular weight excluding hydrogens is 237 g/mol. The van der Waals surface area contributed by atoms with E-state index in [-0.39, 0.29) is 5.82 Å². The molecule has 1 aromatic heterocycles. The smallest absolute Gasteiger partial charge is 0.205 e. The number of aromatic nitrogens is 2. The molecule has 0 unspecified atom stereocenters. The van der Waals surface area contributed by atoms with Crippen LogP contribution in [0.3, 0.4) is 0 Å². The van der Waals surface area contributed by atoms with Crippen LogP contribution in [0.1, 0.15) is 24.3 Å². The number of nitrogens with one attached hydrogen (secondary N) is 1. The second-order valence-corrected chi connectivity index (χ2v) is 5.14. The molecule has 1 N–H and O–H groups in total. The summed E-state index contributed by atoms with van der Waals surface area (Å²) in [7, 11) is 0. The minimum absolute atomic E-state index is 0.150. The molecule has 3 nitrogen and oxygen atoms in total. The molecule has 1 aromatic carbocycles. The molecule has 1 fully saturated rings. The van der Waals surface area contributed by atoms with Crippen molar-refractivity contribution in [2.24, 2.45) is 0 Å². The highest BCUT2D eigenvalue weighted by Gasteiger charge is 2.30. The number of benzene rings is 1. The van der Waals surface area contributed by atoms with Crippen LogP contribution in [-0.2, 0) is 0 Å². The molecule has 0 aliphatic heterocycles. The van der Waals surface area contributed by atoms with E-state index < -0.39 is 0 Å². The molecule has 17 heavy (non-hydrogen) atoms. The Bertz CT molecular complexity index is 494. The van der Waals surface area contributed by atoms with Crippen molar-refractivity contribution < 1.29 is 4.39 Å². The van der Waals surface area contributed by atoms with E-state index in [4.69, 9.17) is 0 Å². The topological polar surface area (TPSA) is 37.8 Å². The second-order valence-electron chi connectivity index (χ2n) is 4.31. The van der Waals surface area contributed by atoms with Crippen molar-refractivity contribution in [1.29, 1.82) is 0 Å². The lowest BCUT2D eigenvalue weighted by molar-refractivity contribution is 0.372. The van der Waals surface area contributed by atoms with Gasteiger partial charge >= 0.3 is 0 Å². The largest absolute Gasteiger partial charge is 0.357 e. The zero-order chi connectivity index (χ0) is 11.7. The maximum atomic E-state index is 13.1. The molecule has 1 aliphatic carbocycles. The van der Waals surface area contributed by atoms with E-state index in [0.717, 1.165) is 23.5 Å². The van der Waals surface area contributed by atoms with Crippen LogP contribution in [-0.4, -0.2) is 16.2 Å². The van der Waals surface area contributed by atoms with Gasteiger partial charge < -0.3 is 5.32 Å². The molecule has 1 saturated carbocycles. The Morgan fingerprint density at radius 3 is 2.94 bits per heavy atom. The van der Waals surface area contributed by atoms with E-state index in [1.807, 2.05) is 6.07 Å². The van der Waals surface area contributed by atoms with Crippen molar-refractivity contribution in [2.75, 3.05) is 5.32 Å². The Kier molecular flexibility index (Phi) is 2.76. The van der Waals surface area contributed by atoms with Crippen molar-refractivity contribution in [1.82, 2.24) is 10.2 Å². The Morgan fingerprint density at radius 2 is 2.24 bits per heavy atom. The Hall–Kier alpha value is -1.49. The molecule has 0 atom stereocenters. The van der Waals surface area contributed by atoms with Crippen molar-refractivity contribution in [3.05, 3.63) is 41.2 Å². The standard InChI is InChI=1S/C12H12FN3S/c13-10-3-1-2-8(4-10)9-5-11(6-9)15-12-16-14-7-17-12/h1-4,7,9,11H,5-6H2,(H,15,16). The predicted octanol–water partition coefficient (Wildman–Crippen LogP) is 3.04. The van der Waals surface area contributed by atoms with Gasteiger partial charge in [0.1, 0.15) is 11.3 Å². The number of nitrogens with zero attached hydrogens (tertiary/aromatic N) is 2. The summed E-state index contributed by atoms with van der Waals surface area (Å²) in [6.07, 6.45) is 2.06. The van der Waals surface area contributed by atoms with E-state index in [9.17, 15) is 4.39 Å². The lowest BCUT2D eigenvalue weighted by Gasteiger charge is -2.36. The molecule has 2 aromatic rings. The molecule has 0 radical (unpaired) electrons. The maximum absolute atomic E-state index is 13.1. The van der Waals surface area contributed by atoms with Crippen LogP contribution in [0, 0.1) is 5.82 Å². The third-order valence-corrected chi connectivity index (χ3v) is 3.77. The summed E-state index contributed by atoms with van der Waals surface area (Å²) in [5, 5.41) is 11.9. The molecule has 0 amide bonds. The van der Waals surface area contributed by atoms with Gasteiger partial charge in [-0.1, -0.05) is 23.5 Å². The minimum Gasteiger partial charge on any atom is -0.357 e. The van der Waals surface area contributed by atoms with E-state index in [0.29, 0.717) is 12.0 Å². The van der Waals surface area contributed by atoms with Crippen LogP contribution in [0.4, 0.5) is 9.52 Å². The molecule has 0 bridgehead atoms. The monoisotopic (exact) mass is 249 g/mol. The fourth-order valence-corrected chi connectivity index (χ4v) is 2.70. The SMILES string of the molecule is Fc1cccc(C2CC(Nc3nncs3)C2)c1. The van der Waals surface area contributed by atoms with Crippen molar-refractivity contribution in [3.8, 4) is 0 Å². The van der Waals surface area contributed by atoms with Gasteiger partial charge in [-0.3, -0.25) is 0 Å². The first-order valence-electron chi connectivity index (χ1n) is 5.59. The van der Waals surface area contributed by atoms with Gasteiger partial charge in [0.15, 0.2) is 0 Å². The number of hydrogen-bond donors (Lipinski definition) is 1. The predicted molar refractivity (Wildman–Crippen MR) is 65.7 cm³/mol. The normalized spacial score (nSPS) is 23.1. The summed E-state index contributed by atoms with van der Waals surface area (Å²) >= 11 is 1.51. The van der Waals surface area contributed by atoms with Crippen LogP contribution < -0.4 is 5.32 Å². The van der Waals surface area contributed by atoms with Gasteiger partial charge in [-0.05, 0) is 36.5 Å². The number of hydrogen-bond acceptors (Lipinski definition) is 4. The lowest BCUT2D eigenvalue weighted by atomic mass is 9.76. The van der Waals surface area contributed by atoms with Gasteiger partial charge in [0.2, 0.25) is 5.13 Å². The average Bonchev–Trinajstić information content (AvgIpc) is 2.75. The summed E-state index contributed by atoms with van der Waals surface area (Å²) < 4.78 is 13.1. The summed E-state index contributed by atoms with van der Waals surface area (Å²) in [6.45, 7) is 0. The van der Waals surface area contributed by atoms with Crippen LogP contribution in [0.5, 0.6) is 0 Å². The minimum atomic E-state index is -0.150. The van der Waals surface area contributed by atoms with E-state index in [2.05, 4.69) is 15.5 Å². The van der Waals surface area contributed by atoms with Crippen molar-refractivity contribution >= 4 is 16.5 Å². The van der Waals surface area contributed by atoms with Crippen molar-refractivity contribution in [2.45, 2.75) is 24.8 Å². The number of rotatable bonds is 3. The molecule has 1 aliphatic rings. The zero-order valence-electron chi connectivity index (χ0n) is 9.14. The average molecular weight is 249 g/mol. The lowest BCUT2D eigenvalue weighted by Crippen LogP contribution is -2.34. The summed E-state index contributed by atoms with van der Waals surface area (Å²) in [5.41, 5.74) is 2.81. The summed E-state index contributed by atoms with van der Waals surface area (Å²) in [4.78, 5) is 0. The van der Waals surface area contributed by atoms with Gasteiger partial charge in [0.25, 0.3) is 0 Å². The first-order valence-corrected chi connectivity index (χ1v) is 6.47. The fourth-order valence-electron chi connectivity index (χ4n) is 2.18. The van der Waals surface area contributed by atoms with Crippen LogP contribution >= 0.6 is 11.3 Å². The Labute approximate surface area is 103 Å². The van der Waals surface area contributed by atoms with Gasteiger partial charge in [0, 0.05) is 6.04 Å². The van der Waals surface area contributed by atoms with Gasteiger partial charge in [0.05, 0.1) is 0 Å². The molecule has 0 spiro atoms. The molecule has 88 valence electrons. The highest BCUT2D eigenvalue weighted by molar-refractivity contribution is 7.13. The molecular formula is C12H12FN3S. The third kappa shape index (κ3) is 2.29.